The molecule has 0 fully saturated rings. The molecule has 0 aliphatic heterocycles. The predicted molar refractivity (Wildman–Crippen MR) is 67.2 cm³/mol. The highest BCUT2D eigenvalue weighted by molar-refractivity contribution is 5.40. The van der Waals surface area contributed by atoms with Gasteiger partial charge in [-0.1, -0.05) is 13.0 Å². The average Bonchev–Trinajstić information content (AvgIpc) is 2.28. The minimum atomic E-state index is 0.615. The molecule has 0 amide bonds. The number of aryl methyl sites for hydroxylation is 1. The van der Waals surface area contributed by atoms with E-state index in [4.69, 9.17) is 4.74 Å². The Morgan fingerprint density at radius 2 is 2.06 bits per heavy atom. The van der Waals surface area contributed by atoms with E-state index in [1.165, 1.54) is 24.0 Å². The second kappa shape index (κ2) is 4.46. The Labute approximate surface area is 98.2 Å². The summed E-state index contributed by atoms with van der Waals surface area (Å²) in [5.74, 6) is 1.60. The highest BCUT2D eigenvalue weighted by atomic mass is 16.5. The zero-order valence-corrected chi connectivity index (χ0v) is 10.7. The third-order valence-electron chi connectivity index (χ3n) is 3.79. The van der Waals surface area contributed by atoms with Gasteiger partial charge in [0.1, 0.15) is 5.75 Å². The number of rotatable bonds is 2. The van der Waals surface area contributed by atoms with Crippen molar-refractivity contribution in [3.63, 3.8) is 0 Å². The summed E-state index contributed by atoms with van der Waals surface area (Å²) < 4.78 is 5.28. The van der Waals surface area contributed by atoms with Crippen LogP contribution in [-0.4, -0.2) is 32.1 Å². The molecule has 0 heterocycles. The molecule has 16 heavy (non-hydrogen) atoms. The van der Waals surface area contributed by atoms with E-state index >= 15 is 0 Å². The molecule has 2 unspecified atom stereocenters. The zero-order chi connectivity index (χ0) is 11.7. The summed E-state index contributed by atoms with van der Waals surface area (Å²) in [5, 5.41) is 0. The second-order valence-corrected chi connectivity index (χ2v) is 4.92. The van der Waals surface area contributed by atoms with E-state index in [1.54, 1.807) is 7.11 Å². The van der Waals surface area contributed by atoms with Crippen molar-refractivity contribution < 1.29 is 4.74 Å². The van der Waals surface area contributed by atoms with Gasteiger partial charge in [-0.05, 0) is 56.1 Å². The van der Waals surface area contributed by atoms with Crippen LogP contribution in [0.1, 0.15) is 30.4 Å². The maximum atomic E-state index is 5.28. The first-order valence-electron chi connectivity index (χ1n) is 5.96. The van der Waals surface area contributed by atoms with Gasteiger partial charge < -0.3 is 9.64 Å². The van der Waals surface area contributed by atoms with Gasteiger partial charge in [0, 0.05) is 6.04 Å². The molecule has 0 aromatic heterocycles. The average molecular weight is 219 g/mol. The first-order chi connectivity index (χ1) is 7.63. The van der Waals surface area contributed by atoms with Crippen LogP contribution in [0.25, 0.3) is 0 Å². The maximum absolute atomic E-state index is 5.28. The number of hydrogen-bond acceptors (Lipinski definition) is 2. The van der Waals surface area contributed by atoms with Crippen molar-refractivity contribution >= 4 is 0 Å². The monoisotopic (exact) mass is 219 g/mol. The fraction of sp³-hybridized carbons (Fsp3) is 0.571. The summed E-state index contributed by atoms with van der Waals surface area (Å²) in [6.45, 7) is 2.33. The lowest BCUT2D eigenvalue weighted by Gasteiger charge is -2.35. The number of fused-ring (bicyclic) bond motifs is 1. The number of benzene rings is 1. The molecule has 1 aliphatic rings. The molecule has 0 radical (unpaired) electrons. The Bertz CT molecular complexity index is 373. The fourth-order valence-electron chi connectivity index (χ4n) is 2.84. The molecule has 0 saturated carbocycles. The molecule has 1 aromatic rings. The smallest absolute Gasteiger partial charge is 0.119 e. The Hall–Kier alpha value is -1.02. The van der Waals surface area contributed by atoms with Crippen molar-refractivity contribution in [3.8, 4) is 5.75 Å². The van der Waals surface area contributed by atoms with Crippen LogP contribution < -0.4 is 4.74 Å². The van der Waals surface area contributed by atoms with Crippen LogP contribution >= 0.6 is 0 Å². The van der Waals surface area contributed by atoms with Gasteiger partial charge in [0.25, 0.3) is 0 Å². The van der Waals surface area contributed by atoms with E-state index < -0.39 is 0 Å². The van der Waals surface area contributed by atoms with E-state index in [2.05, 4.69) is 44.1 Å². The molecular formula is C14H21NO. The first kappa shape index (κ1) is 11.5. The SMILES string of the molecule is COc1ccc2c(c1)CCC(N(C)C)C2C. The molecule has 2 rings (SSSR count). The Balaban J connectivity index is 2.31. The van der Waals surface area contributed by atoms with Crippen LogP contribution in [0, 0.1) is 0 Å². The van der Waals surface area contributed by atoms with Crippen LogP contribution in [0.15, 0.2) is 18.2 Å². The van der Waals surface area contributed by atoms with Gasteiger partial charge in [0.2, 0.25) is 0 Å². The summed E-state index contributed by atoms with van der Waals surface area (Å²) >= 11 is 0. The molecule has 88 valence electrons. The Morgan fingerprint density at radius 1 is 1.31 bits per heavy atom. The topological polar surface area (TPSA) is 12.5 Å². The van der Waals surface area contributed by atoms with Gasteiger partial charge in [0.05, 0.1) is 7.11 Å². The van der Waals surface area contributed by atoms with Crippen LogP contribution in [0.4, 0.5) is 0 Å². The normalized spacial score (nSPS) is 24.3. The van der Waals surface area contributed by atoms with Crippen molar-refractivity contribution in [2.75, 3.05) is 21.2 Å². The van der Waals surface area contributed by atoms with Crippen molar-refractivity contribution in [3.05, 3.63) is 29.3 Å². The van der Waals surface area contributed by atoms with Gasteiger partial charge in [-0.25, -0.2) is 0 Å². The van der Waals surface area contributed by atoms with E-state index in [0.29, 0.717) is 12.0 Å². The van der Waals surface area contributed by atoms with Crippen LogP contribution in [0.5, 0.6) is 5.75 Å². The number of likely N-dealkylation sites (N-methyl/N-ethyl adjacent to an activating group) is 1. The van der Waals surface area contributed by atoms with Crippen molar-refractivity contribution in [1.82, 2.24) is 4.90 Å². The van der Waals surface area contributed by atoms with Crippen molar-refractivity contribution in [1.29, 1.82) is 0 Å². The highest BCUT2D eigenvalue weighted by Gasteiger charge is 2.27. The van der Waals surface area contributed by atoms with Crippen LogP contribution in [-0.2, 0) is 6.42 Å². The lowest BCUT2D eigenvalue weighted by atomic mass is 9.80. The molecule has 0 spiro atoms. The van der Waals surface area contributed by atoms with Gasteiger partial charge in [-0.15, -0.1) is 0 Å². The number of nitrogens with zero attached hydrogens (tertiary/aromatic N) is 1. The Kier molecular flexibility index (Phi) is 3.20. The summed E-state index contributed by atoms with van der Waals surface area (Å²) in [5.41, 5.74) is 2.95. The van der Waals surface area contributed by atoms with Crippen molar-refractivity contribution in [2.24, 2.45) is 0 Å². The van der Waals surface area contributed by atoms with E-state index in [9.17, 15) is 0 Å². The molecule has 0 N–H and O–H groups in total. The van der Waals surface area contributed by atoms with Gasteiger partial charge in [0.15, 0.2) is 0 Å². The summed E-state index contributed by atoms with van der Waals surface area (Å²) in [6.07, 6.45) is 2.41. The molecule has 2 nitrogen and oxygen atoms in total. The zero-order valence-electron chi connectivity index (χ0n) is 10.7. The predicted octanol–water partition coefficient (Wildman–Crippen LogP) is 2.68. The molecule has 1 aromatic carbocycles. The number of hydrogen-bond donors (Lipinski definition) is 0. The molecule has 2 heteroatoms. The van der Waals surface area contributed by atoms with E-state index in [0.717, 1.165) is 5.75 Å². The lowest BCUT2D eigenvalue weighted by Crippen LogP contribution is -2.36. The lowest BCUT2D eigenvalue weighted by molar-refractivity contribution is 0.236. The van der Waals surface area contributed by atoms with Crippen LogP contribution in [0.2, 0.25) is 0 Å². The highest BCUT2D eigenvalue weighted by Crippen LogP contribution is 2.35. The number of ether oxygens (including phenoxy) is 1. The van der Waals surface area contributed by atoms with Crippen LogP contribution in [0.3, 0.4) is 0 Å². The van der Waals surface area contributed by atoms with E-state index in [1.807, 2.05) is 0 Å². The van der Waals surface area contributed by atoms with Crippen molar-refractivity contribution in [2.45, 2.75) is 31.7 Å². The maximum Gasteiger partial charge on any atom is 0.119 e. The largest absolute Gasteiger partial charge is 0.497 e. The third-order valence-corrected chi connectivity index (χ3v) is 3.79. The van der Waals surface area contributed by atoms with Gasteiger partial charge >= 0.3 is 0 Å². The molecule has 1 aliphatic carbocycles. The molecular weight excluding hydrogens is 198 g/mol. The fourth-order valence-corrected chi connectivity index (χ4v) is 2.84. The first-order valence-corrected chi connectivity index (χ1v) is 5.96. The molecule has 0 bridgehead atoms. The second-order valence-electron chi connectivity index (χ2n) is 4.92. The Morgan fingerprint density at radius 3 is 2.69 bits per heavy atom. The van der Waals surface area contributed by atoms with Gasteiger partial charge in [-0.3, -0.25) is 0 Å². The summed E-state index contributed by atoms with van der Waals surface area (Å²) in [7, 11) is 6.09. The van der Waals surface area contributed by atoms with Gasteiger partial charge in [-0.2, -0.15) is 0 Å². The molecule has 2 atom stereocenters. The minimum Gasteiger partial charge on any atom is -0.497 e. The minimum absolute atomic E-state index is 0.615. The summed E-state index contributed by atoms with van der Waals surface area (Å²) in [6, 6.07) is 7.17. The number of methoxy groups -OCH3 is 1. The van der Waals surface area contributed by atoms with E-state index in [-0.39, 0.29) is 0 Å². The summed E-state index contributed by atoms with van der Waals surface area (Å²) in [4.78, 5) is 2.35. The third kappa shape index (κ3) is 1.94. The quantitative estimate of drug-likeness (QED) is 0.758. The molecule has 0 saturated heterocycles. The standard InChI is InChI=1S/C14H21NO/c1-10-13-7-6-12(16-4)9-11(13)5-8-14(10)15(2)3/h6-7,9-10,14H,5,8H2,1-4H3.